The Labute approximate surface area is 230 Å². The highest BCUT2D eigenvalue weighted by molar-refractivity contribution is 6.01. The number of aromatic nitrogens is 2. The second kappa shape index (κ2) is 11.6. The molecule has 0 saturated heterocycles. The lowest BCUT2D eigenvalue weighted by atomic mass is 9.88. The summed E-state index contributed by atoms with van der Waals surface area (Å²) in [6, 6.07) is 3.13. The molecule has 40 heavy (non-hydrogen) atoms. The van der Waals surface area contributed by atoms with E-state index in [1.54, 1.807) is 13.0 Å². The van der Waals surface area contributed by atoms with E-state index >= 15 is 4.39 Å². The van der Waals surface area contributed by atoms with Gasteiger partial charge in [0.1, 0.15) is 24.1 Å². The minimum absolute atomic E-state index is 0.0767. The summed E-state index contributed by atoms with van der Waals surface area (Å²) in [6.45, 7) is 3.92. The average molecular weight is 566 g/mol. The molecule has 0 bridgehead atoms. The molecular weight excluding hydrogens is 530 g/mol. The molecule has 0 unspecified atom stereocenters. The number of amides is 3. The number of carbonyl (C=O) groups is 3. The SMILES string of the molecule is CCn1nccc1C(=O)N[C@H](C(=O)Nc1cc(C)c([C@H](C)C(=O)N(C)CC(F)(F)F)cc1F)C(C1CC1)C1CC1. The molecule has 3 amide bonds. The first-order valence-electron chi connectivity index (χ1n) is 13.6. The van der Waals surface area contributed by atoms with Crippen molar-refractivity contribution in [1.29, 1.82) is 0 Å². The number of aryl methyl sites for hydroxylation is 2. The van der Waals surface area contributed by atoms with E-state index in [4.69, 9.17) is 0 Å². The van der Waals surface area contributed by atoms with Crippen LogP contribution in [-0.4, -0.2) is 58.2 Å². The fraction of sp³-hybridized carbons (Fsp3) is 0.571. The summed E-state index contributed by atoms with van der Waals surface area (Å²) >= 11 is 0. The van der Waals surface area contributed by atoms with E-state index in [0.717, 1.165) is 38.8 Å². The van der Waals surface area contributed by atoms with Gasteiger partial charge in [-0.1, -0.05) is 0 Å². The van der Waals surface area contributed by atoms with Crippen LogP contribution >= 0.6 is 0 Å². The van der Waals surface area contributed by atoms with Crippen LogP contribution in [-0.2, 0) is 16.1 Å². The zero-order valence-electron chi connectivity index (χ0n) is 23.0. The normalized spacial score (nSPS) is 16.9. The van der Waals surface area contributed by atoms with Crippen LogP contribution in [0, 0.1) is 30.5 Å². The van der Waals surface area contributed by atoms with E-state index in [2.05, 4.69) is 15.7 Å². The van der Waals surface area contributed by atoms with Gasteiger partial charge in [0, 0.05) is 19.8 Å². The lowest BCUT2D eigenvalue weighted by molar-refractivity contribution is -0.159. The zero-order chi connectivity index (χ0) is 29.4. The molecule has 218 valence electrons. The molecule has 4 rings (SSSR count). The van der Waals surface area contributed by atoms with Gasteiger partial charge in [-0.25, -0.2) is 4.39 Å². The van der Waals surface area contributed by atoms with E-state index in [0.29, 0.717) is 34.5 Å². The van der Waals surface area contributed by atoms with Crippen molar-refractivity contribution >= 4 is 23.4 Å². The maximum Gasteiger partial charge on any atom is 0.406 e. The number of benzene rings is 1. The zero-order valence-corrected chi connectivity index (χ0v) is 23.0. The van der Waals surface area contributed by atoms with E-state index in [1.165, 1.54) is 23.9 Å². The van der Waals surface area contributed by atoms with Crippen molar-refractivity contribution in [2.24, 2.45) is 17.8 Å². The maximum atomic E-state index is 15.3. The molecule has 0 radical (unpaired) electrons. The Morgan fingerprint density at radius 2 is 1.77 bits per heavy atom. The van der Waals surface area contributed by atoms with Gasteiger partial charge < -0.3 is 15.5 Å². The number of likely N-dealkylation sites (N-methyl/N-ethyl adjacent to an activating group) is 1. The Hall–Kier alpha value is -3.44. The van der Waals surface area contributed by atoms with Crippen LogP contribution in [0.1, 0.15) is 67.1 Å². The molecule has 8 nitrogen and oxygen atoms in total. The van der Waals surface area contributed by atoms with Gasteiger partial charge in [0.05, 0.1) is 11.6 Å². The number of hydrogen-bond donors (Lipinski definition) is 2. The van der Waals surface area contributed by atoms with Gasteiger partial charge in [-0.3, -0.25) is 19.1 Å². The summed E-state index contributed by atoms with van der Waals surface area (Å²) in [5.41, 5.74) is 0.858. The summed E-state index contributed by atoms with van der Waals surface area (Å²) < 4.78 is 55.0. The lowest BCUT2D eigenvalue weighted by Gasteiger charge is -2.28. The highest BCUT2D eigenvalue weighted by Gasteiger charge is 2.48. The van der Waals surface area contributed by atoms with Crippen molar-refractivity contribution in [3.63, 3.8) is 0 Å². The molecule has 1 aromatic heterocycles. The summed E-state index contributed by atoms with van der Waals surface area (Å²) in [4.78, 5) is 39.9. The standard InChI is InChI=1S/C28H35F4N5O3/c1-5-37-22(10-11-33-37)25(38)35-24(23(17-6-7-17)18-8-9-18)26(39)34-21-12-15(2)19(13-20(21)29)16(3)27(40)36(4)14-28(30,31)32/h10-13,16-18,23-24H,5-9,14H2,1-4H3,(H,34,39)(H,35,38)/t16-,24-/m0/s1. The maximum absolute atomic E-state index is 15.3. The molecule has 2 aliphatic carbocycles. The van der Waals surface area contributed by atoms with Crippen LogP contribution in [0.25, 0.3) is 0 Å². The van der Waals surface area contributed by atoms with Crippen LogP contribution < -0.4 is 10.6 Å². The summed E-state index contributed by atoms with van der Waals surface area (Å²) in [5.74, 6) is -3.11. The van der Waals surface area contributed by atoms with Gasteiger partial charge in [-0.05, 0) is 93.5 Å². The number of rotatable bonds is 11. The van der Waals surface area contributed by atoms with Crippen molar-refractivity contribution in [3.05, 3.63) is 47.0 Å². The molecule has 2 atom stereocenters. The van der Waals surface area contributed by atoms with Crippen LogP contribution in [0.2, 0.25) is 0 Å². The van der Waals surface area contributed by atoms with Gasteiger partial charge >= 0.3 is 6.18 Å². The average Bonchev–Trinajstić information content (AvgIpc) is 3.82. The van der Waals surface area contributed by atoms with Crippen molar-refractivity contribution in [1.82, 2.24) is 20.0 Å². The molecule has 2 fully saturated rings. The van der Waals surface area contributed by atoms with Crippen LogP contribution in [0.3, 0.4) is 0 Å². The molecule has 0 spiro atoms. The third kappa shape index (κ3) is 6.82. The Bertz CT molecular complexity index is 1260. The van der Waals surface area contributed by atoms with E-state index < -0.39 is 48.2 Å². The van der Waals surface area contributed by atoms with Crippen LogP contribution in [0.4, 0.5) is 23.2 Å². The molecule has 2 aromatic rings. The number of hydrogen-bond acceptors (Lipinski definition) is 4. The van der Waals surface area contributed by atoms with E-state index in [1.807, 2.05) is 6.92 Å². The fourth-order valence-corrected chi connectivity index (χ4v) is 5.50. The lowest BCUT2D eigenvalue weighted by Crippen LogP contribution is -2.50. The third-order valence-electron chi connectivity index (χ3n) is 7.78. The Morgan fingerprint density at radius 1 is 1.15 bits per heavy atom. The number of nitrogens with zero attached hydrogens (tertiary/aromatic N) is 3. The second-order valence-corrected chi connectivity index (χ2v) is 10.9. The monoisotopic (exact) mass is 565 g/mol. The Kier molecular flexibility index (Phi) is 8.55. The van der Waals surface area contributed by atoms with Crippen molar-refractivity contribution in [2.45, 2.75) is 71.1 Å². The van der Waals surface area contributed by atoms with Gasteiger partial charge in [-0.2, -0.15) is 18.3 Å². The molecule has 1 aromatic carbocycles. The van der Waals surface area contributed by atoms with Crippen LogP contribution in [0.15, 0.2) is 24.4 Å². The van der Waals surface area contributed by atoms with Crippen molar-refractivity contribution in [3.8, 4) is 0 Å². The summed E-state index contributed by atoms with van der Waals surface area (Å²) in [6.07, 6.45) is 0.808. The summed E-state index contributed by atoms with van der Waals surface area (Å²) in [5, 5.41) is 9.64. The minimum Gasteiger partial charge on any atom is -0.339 e. The number of anilines is 1. The van der Waals surface area contributed by atoms with Crippen molar-refractivity contribution in [2.75, 3.05) is 18.9 Å². The second-order valence-electron chi connectivity index (χ2n) is 10.9. The molecular formula is C28H35F4N5O3. The van der Waals surface area contributed by atoms with Crippen molar-refractivity contribution < 1.29 is 31.9 Å². The van der Waals surface area contributed by atoms with Gasteiger partial charge in [0.2, 0.25) is 11.8 Å². The van der Waals surface area contributed by atoms with Gasteiger partial charge in [0.25, 0.3) is 5.91 Å². The predicted octanol–water partition coefficient (Wildman–Crippen LogP) is 4.65. The first-order valence-corrected chi connectivity index (χ1v) is 13.6. The number of carbonyl (C=O) groups excluding carboxylic acids is 3. The van der Waals surface area contributed by atoms with Gasteiger partial charge in [-0.15, -0.1) is 0 Å². The first kappa shape index (κ1) is 29.5. The largest absolute Gasteiger partial charge is 0.406 e. The summed E-state index contributed by atoms with van der Waals surface area (Å²) in [7, 11) is 1.05. The predicted molar refractivity (Wildman–Crippen MR) is 140 cm³/mol. The molecule has 0 aliphatic heterocycles. The topological polar surface area (TPSA) is 96.3 Å². The van der Waals surface area contributed by atoms with Gasteiger partial charge in [0.15, 0.2) is 0 Å². The van der Waals surface area contributed by atoms with E-state index in [-0.39, 0.29) is 17.2 Å². The quantitative estimate of drug-likeness (QED) is 0.388. The molecule has 12 heteroatoms. The first-order chi connectivity index (χ1) is 18.8. The Balaban J connectivity index is 1.54. The number of nitrogens with one attached hydrogen (secondary N) is 2. The smallest absolute Gasteiger partial charge is 0.339 e. The van der Waals surface area contributed by atoms with Crippen LogP contribution in [0.5, 0.6) is 0 Å². The fourth-order valence-electron chi connectivity index (χ4n) is 5.50. The third-order valence-corrected chi connectivity index (χ3v) is 7.78. The molecule has 2 N–H and O–H groups in total. The molecule has 1 heterocycles. The number of alkyl halides is 3. The minimum atomic E-state index is -4.56. The molecule has 2 saturated carbocycles. The number of halogens is 4. The highest BCUT2D eigenvalue weighted by atomic mass is 19.4. The Morgan fingerprint density at radius 3 is 2.33 bits per heavy atom. The molecule has 2 aliphatic rings. The van der Waals surface area contributed by atoms with E-state index in [9.17, 15) is 27.6 Å². The highest BCUT2D eigenvalue weighted by Crippen LogP contribution is 2.51.